The zero-order chi connectivity index (χ0) is 12.5. The summed E-state index contributed by atoms with van der Waals surface area (Å²) in [5, 5.41) is 0. The molecule has 0 saturated heterocycles. The molecule has 0 aliphatic rings. The van der Waals surface area contributed by atoms with Gasteiger partial charge in [0, 0.05) is 17.5 Å². The number of hydrogen-bond donors (Lipinski definition) is 1. The molecule has 0 atom stereocenters. The topological polar surface area (TPSA) is 60.2 Å². The third kappa shape index (κ3) is 3.03. The summed E-state index contributed by atoms with van der Waals surface area (Å²) in [4.78, 5) is 0.338. The Morgan fingerprint density at radius 2 is 1.50 bits per heavy atom. The first-order valence-corrected chi connectivity index (χ1v) is 7.02. The van der Waals surface area contributed by atoms with E-state index in [4.69, 9.17) is 5.73 Å². The molecule has 0 fully saturated rings. The molecule has 0 heterocycles. The second-order valence-corrected chi connectivity index (χ2v) is 5.87. The van der Waals surface area contributed by atoms with Crippen molar-refractivity contribution < 1.29 is 8.42 Å². The molecule has 0 unspecified atom stereocenters. The van der Waals surface area contributed by atoms with Gasteiger partial charge in [-0.25, -0.2) is 8.42 Å². The van der Waals surface area contributed by atoms with Crippen molar-refractivity contribution in [2.24, 2.45) is 0 Å². The molecule has 0 amide bonds. The number of rotatable bonds is 2. The van der Waals surface area contributed by atoms with Gasteiger partial charge in [0.15, 0.2) is 9.84 Å². The van der Waals surface area contributed by atoms with Crippen molar-refractivity contribution in [2.45, 2.75) is 4.90 Å². The third-order valence-electron chi connectivity index (χ3n) is 2.51. The number of nitrogens with two attached hydrogens (primary N) is 1. The minimum atomic E-state index is -3.22. The van der Waals surface area contributed by atoms with E-state index in [0.29, 0.717) is 16.1 Å². The normalized spacial score (nSPS) is 10.7. The van der Waals surface area contributed by atoms with Crippen molar-refractivity contribution >= 4 is 27.9 Å². The second-order valence-electron chi connectivity index (χ2n) is 3.89. The van der Waals surface area contributed by atoms with E-state index in [1.807, 2.05) is 18.2 Å². The SMILES string of the molecule is CS(=O)(=O)c1ccccc1-c1ccc(N)cc1.Cl. The quantitative estimate of drug-likeness (QED) is 0.862. The van der Waals surface area contributed by atoms with Gasteiger partial charge in [-0.05, 0) is 23.8 Å². The number of halogens is 1. The molecule has 2 aromatic rings. The number of hydrogen-bond acceptors (Lipinski definition) is 3. The molecule has 0 bridgehead atoms. The Labute approximate surface area is 113 Å². The van der Waals surface area contributed by atoms with Gasteiger partial charge < -0.3 is 5.73 Å². The second kappa shape index (κ2) is 5.42. The highest BCUT2D eigenvalue weighted by Crippen LogP contribution is 2.27. The molecule has 2 N–H and O–H groups in total. The molecule has 0 saturated carbocycles. The molecule has 18 heavy (non-hydrogen) atoms. The first-order valence-electron chi connectivity index (χ1n) is 5.13. The van der Waals surface area contributed by atoms with Crippen LogP contribution in [0.15, 0.2) is 53.4 Å². The summed E-state index contributed by atoms with van der Waals surface area (Å²) < 4.78 is 23.3. The fourth-order valence-corrected chi connectivity index (χ4v) is 2.60. The standard InChI is InChI=1S/C13H13NO2S.ClH/c1-17(15,16)13-5-3-2-4-12(13)10-6-8-11(14)9-7-10;/h2-9H,14H2,1H3;1H. The van der Waals surface area contributed by atoms with Crippen LogP contribution in [-0.4, -0.2) is 14.7 Å². The summed E-state index contributed by atoms with van der Waals surface area (Å²) in [5.74, 6) is 0. The summed E-state index contributed by atoms with van der Waals surface area (Å²) >= 11 is 0. The van der Waals surface area contributed by atoms with Gasteiger partial charge in [0.2, 0.25) is 0 Å². The molecular weight excluding hydrogens is 270 g/mol. The zero-order valence-electron chi connectivity index (χ0n) is 9.83. The van der Waals surface area contributed by atoms with E-state index in [1.165, 1.54) is 6.26 Å². The molecule has 0 aliphatic carbocycles. The van der Waals surface area contributed by atoms with Gasteiger partial charge in [-0.3, -0.25) is 0 Å². The highest BCUT2D eigenvalue weighted by molar-refractivity contribution is 7.90. The van der Waals surface area contributed by atoms with Crippen LogP contribution in [0.2, 0.25) is 0 Å². The summed E-state index contributed by atoms with van der Waals surface area (Å²) in [5.41, 5.74) is 7.82. The maximum atomic E-state index is 11.7. The molecule has 2 rings (SSSR count). The van der Waals surface area contributed by atoms with Crippen molar-refractivity contribution in [2.75, 3.05) is 12.0 Å². The smallest absolute Gasteiger partial charge is 0.176 e. The minimum absolute atomic E-state index is 0. The summed E-state index contributed by atoms with van der Waals surface area (Å²) in [7, 11) is -3.22. The Morgan fingerprint density at radius 3 is 2.06 bits per heavy atom. The highest BCUT2D eigenvalue weighted by Gasteiger charge is 2.13. The number of sulfone groups is 1. The monoisotopic (exact) mass is 283 g/mol. The molecule has 0 aromatic heterocycles. The Bertz CT molecular complexity index is 636. The van der Waals surface area contributed by atoms with Crippen LogP contribution in [0.3, 0.4) is 0 Å². The van der Waals surface area contributed by atoms with E-state index >= 15 is 0 Å². The van der Waals surface area contributed by atoms with Crippen molar-refractivity contribution in [1.29, 1.82) is 0 Å². The Hall–Kier alpha value is -1.52. The summed E-state index contributed by atoms with van der Waals surface area (Å²) in [6.07, 6.45) is 1.21. The summed E-state index contributed by atoms with van der Waals surface area (Å²) in [6.45, 7) is 0. The molecule has 0 aliphatic heterocycles. The predicted molar refractivity (Wildman–Crippen MR) is 76.6 cm³/mol. The lowest BCUT2D eigenvalue weighted by atomic mass is 10.1. The zero-order valence-corrected chi connectivity index (χ0v) is 11.5. The van der Waals surface area contributed by atoms with Crippen LogP contribution in [0, 0.1) is 0 Å². The van der Waals surface area contributed by atoms with Crippen LogP contribution in [0.4, 0.5) is 5.69 Å². The van der Waals surface area contributed by atoms with Gasteiger partial charge in [0.05, 0.1) is 4.90 Å². The average Bonchev–Trinajstić information content (AvgIpc) is 2.29. The molecule has 5 heteroatoms. The first-order chi connectivity index (χ1) is 7.98. The molecule has 0 radical (unpaired) electrons. The minimum Gasteiger partial charge on any atom is -0.399 e. The molecule has 2 aromatic carbocycles. The van der Waals surface area contributed by atoms with Crippen LogP contribution in [0.5, 0.6) is 0 Å². The van der Waals surface area contributed by atoms with Crippen molar-refractivity contribution in [3.63, 3.8) is 0 Å². The lowest BCUT2D eigenvalue weighted by Crippen LogP contribution is -1.99. The van der Waals surface area contributed by atoms with Gasteiger partial charge in [-0.1, -0.05) is 30.3 Å². The van der Waals surface area contributed by atoms with Crippen LogP contribution in [-0.2, 0) is 9.84 Å². The Kier molecular flexibility index (Phi) is 4.38. The molecule has 0 spiro atoms. The molecular formula is C13H14ClNO2S. The Balaban J connectivity index is 0.00000162. The van der Waals surface area contributed by atoms with E-state index < -0.39 is 9.84 Å². The fraction of sp³-hybridized carbons (Fsp3) is 0.0769. The predicted octanol–water partition coefficient (Wildman–Crippen LogP) is 2.76. The van der Waals surface area contributed by atoms with E-state index in [-0.39, 0.29) is 12.4 Å². The largest absolute Gasteiger partial charge is 0.399 e. The average molecular weight is 284 g/mol. The fourth-order valence-electron chi connectivity index (χ4n) is 1.69. The van der Waals surface area contributed by atoms with E-state index in [1.54, 1.807) is 30.3 Å². The lowest BCUT2D eigenvalue weighted by Gasteiger charge is -2.08. The maximum absolute atomic E-state index is 11.7. The summed E-state index contributed by atoms with van der Waals surface area (Å²) in [6, 6.07) is 14.1. The van der Waals surface area contributed by atoms with Gasteiger partial charge in [0.25, 0.3) is 0 Å². The van der Waals surface area contributed by atoms with Crippen molar-refractivity contribution in [3.8, 4) is 11.1 Å². The third-order valence-corrected chi connectivity index (χ3v) is 3.66. The Morgan fingerprint density at radius 1 is 0.944 bits per heavy atom. The van der Waals surface area contributed by atoms with Gasteiger partial charge in [-0.15, -0.1) is 12.4 Å². The van der Waals surface area contributed by atoms with Gasteiger partial charge >= 0.3 is 0 Å². The van der Waals surface area contributed by atoms with Crippen LogP contribution in [0.1, 0.15) is 0 Å². The van der Waals surface area contributed by atoms with Gasteiger partial charge in [-0.2, -0.15) is 0 Å². The van der Waals surface area contributed by atoms with E-state index in [0.717, 1.165) is 5.56 Å². The molecule has 96 valence electrons. The van der Waals surface area contributed by atoms with Crippen molar-refractivity contribution in [3.05, 3.63) is 48.5 Å². The number of anilines is 1. The van der Waals surface area contributed by atoms with E-state index in [9.17, 15) is 8.42 Å². The van der Waals surface area contributed by atoms with Crippen LogP contribution >= 0.6 is 12.4 Å². The number of benzene rings is 2. The van der Waals surface area contributed by atoms with Crippen molar-refractivity contribution in [1.82, 2.24) is 0 Å². The first kappa shape index (κ1) is 14.5. The lowest BCUT2D eigenvalue weighted by molar-refractivity contribution is 0.602. The highest BCUT2D eigenvalue weighted by atomic mass is 35.5. The van der Waals surface area contributed by atoms with E-state index in [2.05, 4.69) is 0 Å². The van der Waals surface area contributed by atoms with Crippen LogP contribution in [0.25, 0.3) is 11.1 Å². The molecule has 3 nitrogen and oxygen atoms in total. The number of nitrogen functional groups attached to an aromatic ring is 1. The van der Waals surface area contributed by atoms with Gasteiger partial charge in [0.1, 0.15) is 0 Å². The van der Waals surface area contributed by atoms with Crippen LogP contribution < -0.4 is 5.73 Å². The maximum Gasteiger partial charge on any atom is 0.176 e.